The maximum atomic E-state index is 12.6. The van der Waals surface area contributed by atoms with Crippen molar-refractivity contribution in [3.05, 3.63) is 43.2 Å². The lowest BCUT2D eigenvalue weighted by molar-refractivity contribution is 0.0716. The smallest absolute Gasteiger partial charge is 0.217 e. The molecule has 1 aliphatic heterocycles. The molecule has 1 saturated heterocycles. The van der Waals surface area contributed by atoms with Crippen LogP contribution in [0.25, 0.3) is 28.3 Å². The third-order valence-corrected chi connectivity index (χ3v) is 8.66. The molecule has 4 aromatic heterocycles. The molecule has 0 aromatic carbocycles. The van der Waals surface area contributed by atoms with Gasteiger partial charge in [0.15, 0.2) is 0 Å². The van der Waals surface area contributed by atoms with E-state index in [9.17, 15) is 13.7 Å². The first-order valence-corrected chi connectivity index (χ1v) is 12.1. The Morgan fingerprint density at radius 2 is 1.97 bits per heavy atom. The van der Waals surface area contributed by atoms with Crippen LogP contribution in [-0.4, -0.2) is 65.0 Å². The molecule has 33 heavy (non-hydrogen) atoms. The zero-order chi connectivity index (χ0) is 22.8. The number of aromatic nitrogens is 7. The van der Waals surface area contributed by atoms with Gasteiger partial charge in [-0.05, 0) is 12.8 Å². The van der Waals surface area contributed by atoms with Crippen molar-refractivity contribution >= 4 is 15.7 Å². The average molecular weight is 464 g/mol. The molecule has 0 N–H and O–H groups in total. The van der Waals surface area contributed by atoms with Gasteiger partial charge in [-0.3, -0.25) is 13.8 Å². The number of hydrogen-bond acceptors (Lipinski definition) is 7. The van der Waals surface area contributed by atoms with Crippen LogP contribution in [0.2, 0.25) is 0 Å². The molecule has 0 unspecified atom stereocenters. The van der Waals surface area contributed by atoms with Crippen molar-refractivity contribution < 1.29 is 8.42 Å². The second kappa shape index (κ2) is 6.97. The minimum atomic E-state index is -3.28. The summed E-state index contributed by atoms with van der Waals surface area (Å²) in [5, 5.41) is 17.9. The Morgan fingerprint density at radius 3 is 2.67 bits per heavy atom. The van der Waals surface area contributed by atoms with Crippen LogP contribution in [0.3, 0.4) is 0 Å². The summed E-state index contributed by atoms with van der Waals surface area (Å²) in [5.41, 5.74) is 2.43. The molecule has 6 rings (SSSR count). The first kappa shape index (κ1) is 20.1. The van der Waals surface area contributed by atoms with Crippen LogP contribution in [0.15, 0.2) is 43.2 Å². The van der Waals surface area contributed by atoms with Crippen LogP contribution in [0.5, 0.6) is 0 Å². The van der Waals surface area contributed by atoms with E-state index in [1.165, 1.54) is 4.31 Å². The van der Waals surface area contributed by atoms with Gasteiger partial charge in [-0.25, -0.2) is 18.4 Å². The van der Waals surface area contributed by atoms with Gasteiger partial charge in [-0.1, -0.05) is 0 Å². The van der Waals surface area contributed by atoms with E-state index in [1.54, 1.807) is 28.0 Å². The standard InChI is InChI=1S/C21H21N9O2S/c1-27-11-15(9-24-27)18-8-19-23-6-7-29(19)20(26-18)16-10-25-30(12-16)21(4-5-22)13-28(14-21)33(31,32)17-2-3-17/h6-12,17H,2-4,13-14H2,1H3. The fourth-order valence-electron chi connectivity index (χ4n) is 4.38. The Kier molecular flexibility index (Phi) is 4.24. The number of fused-ring (bicyclic) bond motifs is 1. The number of nitriles is 1. The van der Waals surface area contributed by atoms with Gasteiger partial charge in [-0.2, -0.15) is 19.8 Å². The van der Waals surface area contributed by atoms with Gasteiger partial charge in [-0.15, -0.1) is 0 Å². The van der Waals surface area contributed by atoms with Gasteiger partial charge in [0, 0.05) is 56.6 Å². The summed E-state index contributed by atoms with van der Waals surface area (Å²) in [6.45, 7) is 0.508. The maximum Gasteiger partial charge on any atom is 0.217 e. The molecule has 2 aliphatic rings. The number of nitrogens with zero attached hydrogens (tertiary/aromatic N) is 9. The van der Waals surface area contributed by atoms with Gasteiger partial charge in [0.2, 0.25) is 10.0 Å². The van der Waals surface area contributed by atoms with E-state index in [1.807, 2.05) is 36.1 Å². The van der Waals surface area contributed by atoms with Crippen LogP contribution in [0.4, 0.5) is 0 Å². The van der Waals surface area contributed by atoms with Crippen molar-refractivity contribution in [1.82, 2.24) is 38.2 Å². The SMILES string of the molecule is Cn1cc(-c2cc3nccn3c(-c3cnn(C4(CC#N)CN(S(=O)(=O)C5CC5)C4)c3)n2)cn1. The van der Waals surface area contributed by atoms with Gasteiger partial charge in [0.25, 0.3) is 0 Å². The number of sulfonamides is 1. The van der Waals surface area contributed by atoms with E-state index in [4.69, 9.17) is 4.98 Å². The molecule has 2 fully saturated rings. The normalized spacial score (nSPS) is 18.3. The minimum absolute atomic E-state index is 0.175. The predicted molar refractivity (Wildman–Crippen MR) is 118 cm³/mol. The number of imidazole rings is 1. The molecule has 4 aromatic rings. The fraction of sp³-hybridized carbons (Fsp3) is 0.381. The van der Waals surface area contributed by atoms with Crippen molar-refractivity contribution in [2.24, 2.45) is 7.05 Å². The van der Waals surface area contributed by atoms with E-state index in [0.29, 0.717) is 5.82 Å². The Balaban J connectivity index is 1.37. The topological polar surface area (TPSA) is 127 Å². The lowest BCUT2D eigenvalue weighted by Crippen LogP contribution is -2.64. The van der Waals surface area contributed by atoms with Crippen LogP contribution in [0, 0.1) is 11.3 Å². The molecular formula is C21H21N9O2S. The zero-order valence-corrected chi connectivity index (χ0v) is 18.7. The highest BCUT2D eigenvalue weighted by atomic mass is 32.2. The molecule has 0 atom stereocenters. The second-order valence-corrected chi connectivity index (χ2v) is 11.0. The molecule has 0 spiro atoms. The fourth-order valence-corrected chi connectivity index (χ4v) is 6.37. The van der Waals surface area contributed by atoms with Gasteiger partial charge < -0.3 is 0 Å². The molecule has 11 nitrogen and oxygen atoms in total. The molecule has 1 aliphatic carbocycles. The quantitative estimate of drug-likeness (QED) is 0.423. The van der Waals surface area contributed by atoms with Crippen molar-refractivity contribution in [1.29, 1.82) is 5.26 Å². The van der Waals surface area contributed by atoms with E-state index in [2.05, 4.69) is 21.3 Å². The van der Waals surface area contributed by atoms with Crippen molar-refractivity contribution in [3.63, 3.8) is 0 Å². The summed E-state index contributed by atoms with van der Waals surface area (Å²) >= 11 is 0. The molecule has 0 bridgehead atoms. The van der Waals surface area contributed by atoms with Crippen LogP contribution in [-0.2, 0) is 22.6 Å². The van der Waals surface area contributed by atoms with Crippen molar-refractivity contribution in [2.75, 3.05) is 13.1 Å². The zero-order valence-electron chi connectivity index (χ0n) is 17.9. The van der Waals surface area contributed by atoms with E-state index < -0.39 is 15.6 Å². The summed E-state index contributed by atoms with van der Waals surface area (Å²) in [6.07, 6.45) is 12.3. The molecule has 168 valence electrons. The summed E-state index contributed by atoms with van der Waals surface area (Å²) in [7, 11) is -1.43. The second-order valence-electron chi connectivity index (χ2n) is 8.77. The Hall–Kier alpha value is -3.56. The van der Waals surface area contributed by atoms with Crippen LogP contribution in [0.1, 0.15) is 19.3 Å². The van der Waals surface area contributed by atoms with Crippen LogP contribution >= 0.6 is 0 Å². The molecule has 0 amide bonds. The molecule has 5 heterocycles. The summed E-state index contributed by atoms with van der Waals surface area (Å²) in [4.78, 5) is 9.26. The lowest BCUT2D eigenvalue weighted by Gasteiger charge is -2.48. The number of aryl methyl sites for hydroxylation is 1. The third kappa shape index (κ3) is 3.15. The average Bonchev–Trinajstić information content (AvgIpc) is 3.14. The third-order valence-electron chi connectivity index (χ3n) is 6.37. The van der Waals surface area contributed by atoms with Gasteiger partial charge in [0.1, 0.15) is 17.0 Å². The Labute approximate surface area is 190 Å². The van der Waals surface area contributed by atoms with Crippen LogP contribution < -0.4 is 0 Å². The van der Waals surface area contributed by atoms with E-state index in [0.717, 1.165) is 35.3 Å². The first-order chi connectivity index (χ1) is 15.9. The molecule has 0 radical (unpaired) electrons. The van der Waals surface area contributed by atoms with Crippen molar-refractivity contribution in [3.8, 4) is 28.7 Å². The highest BCUT2D eigenvalue weighted by molar-refractivity contribution is 7.90. The first-order valence-electron chi connectivity index (χ1n) is 10.6. The Morgan fingerprint density at radius 1 is 1.18 bits per heavy atom. The van der Waals surface area contributed by atoms with E-state index >= 15 is 0 Å². The molecular weight excluding hydrogens is 442 g/mol. The number of rotatable bonds is 6. The van der Waals surface area contributed by atoms with Crippen molar-refractivity contribution in [2.45, 2.75) is 30.1 Å². The molecule has 1 saturated carbocycles. The summed E-state index contributed by atoms with van der Waals surface area (Å²) < 4.78 is 32.0. The molecule has 12 heteroatoms. The van der Waals surface area contributed by atoms with Gasteiger partial charge >= 0.3 is 0 Å². The number of hydrogen-bond donors (Lipinski definition) is 0. The van der Waals surface area contributed by atoms with E-state index in [-0.39, 0.29) is 24.8 Å². The predicted octanol–water partition coefficient (Wildman–Crippen LogP) is 1.41. The monoisotopic (exact) mass is 463 g/mol. The highest BCUT2D eigenvalue weighted by Gasteiger charge is 2.53. The lowest BCUT2D eigenvalue weighted by atomic mass is 9.89. The summed E-state index contributed by atoms with van der Waals surface area (Å²) in [5.74, 6) is 0.656. The largest absolute Gasteiger partial charge is 0.284 e. The van der Waals surface area contributed by atoms with Gasteiger partial charge in [0.05, 0.1) is 41.4 Å². The minimum Gasteiger partial charge on any atom is -0.284 e. The Bertz CT molecular complexity index is 1510. The summed E-state index contributed by atoms with van der Waals surface area (Å²) in [6, 6.07) is 4.11. The highest BCUT2D eigenvalue weighted by Crippen LogP contribution is 2.40. The maximum absolute atomic E-state index is 12.6.